The second kappa shape index (κ2) is 4.63. The third kappa shape index (κ3) is 1.93. The lowest BCUT2D eigenvalue weighted by Crippen LogP contribution is -2.07. The van der Waals surface area contributed by atoms with E-state index in [1.807, 2.05) is 13.8 Å². The Labute approximate surface area is 100 Å². The van der Waals surface area contributed by atoms with Gasteiger partial charge in [0.15, 0.2) is 5.82 Å². The summed E-state index contributed by atoms with van der Waals surface area (Å²) in [6, 6.07) is 0. The molecule has 90 valence electrons. The first-order valence-corrected chi connectivity index (χ1v) is 5.64. The molecule has 1 N–H and O–H groups in total. The standard InChI is InChI=1S/C12H16N4O/c1-4-11-8(2)15-16(9(11)3)12-10(6-17)5-13-7-14-12/h5,7,17H,4,6H2,1-3H3. The van der Waals surface area contributed by atoms with Crippen LogP contribution in [-0.2, 0) is 13.0 Å². The molecule has 0 spiro atoms. The summed E-state index contributed by atoms with van der Waals surface area (Å²) in [5.41, 5.74) is 3.99. The lowest BCUT2D eigenvalue weighted by atomic mass is 10.1. The molecular weight excluding hydrogens is 216 g/mol. The summed E-state index contributed by atoms with van der Waals surface area (Å²) in [5, 5.41) is 13.8. The first kappa shape index (κ1) is 11.7. The molecule has 0 atom stereocenters. The zero-order valence-electron chi connectivity index (χ0n) is 10.3. The highest BCUT2D eigenvalue weighted by molar-refractivity contribution is 5.36. The second-order valence-corrected chi connectivity index (χ2v) is 3.94. The van der Waals surface area contributed by atoms with Gasteiger partial charge in [-0.1, -0.05) is 6.92 Å². The minimum atomic E-state index is -0.0873. The number of aliphatic hydroxyl groups is 1. The van der Waals surface area contributed by atoms with Crippen molar-refractivity contribution < 1.29 is 5.11 Å². The van der Waals surface area contributed by atoms with Crippen molar-refractivity contribution in [1.29, 1.82) is 0 Å². The fourth-order valence-electron chi connectivity index (χ4n) is 2.05. The van der Waals surface area contributed by atoms with Crippen molar-refractivity contribution in [3.05, 3.63) is 35.0 Å². The second-order valence-electron chi connectivity index (χ2n) is 3.94. The molecule has 0 saturated heterocycles. The van der Waals surface area contributed by atoms with Crippen LogP contribution in [0.3, 0.4) is 0 Å². The van der Waals surface area contributed by atoms with Crippen LogP contribution in [0.4, 0.5) is 0 Å². The molecule has 0 aliphatic carbocycles. The van der Waals surface area contributed by atoms with Crippen LogP contribution in [0.1, 0.15) is 29.4 Å². The van der Waals surface area contributed by atoms with Crippen molar-refractivity contribution in [1.82, 2.24) is 19.7 Å². The van der Waals surface area contributed by atoms with E-state index in [1.54, 1.807) is 10.9 Å². The molecule has 2 heterocycles. The predicted molar refractivity (Wildman–Crippen MR) is 63.9 cm³/mol. The zero-order chi connectivity index (χ0) is 12.4. The maximum absolute atomic E-state index is 9.28. The molecule has 0 unspecified atom stereocenters. The SMILES string of the molecule is CCc1c(C)nn(-c2ncncc2CO)c1C. The van der Waals surface area contributed by atoms with Crippen LogP contribution >= 0.6 is 0 Å². The fraction of sp³-hybridized carbons (Fsp3) is 0.417. The van der Waals surface area contributed by atoms with Crippen LogP contribution in [0.2, 0.25) is 0 Å². The number of nitrogens with zero attached hydrogens (tertiary/aromatic N) is 4. The summed E-state index contributed by atoms with van der Waals surface area (Å²) in [5.74, 6) is 0.655. The quantitative estimate of drug-likeness (QED) is 0.867. The third-order valence-electron chi connectivity index (χ3n) is 2.93. The van der Waals surface area contributed by atoms with E-state index >= 15 is 0 Å². The molecule has 2 aromatic rings. The van der Waals surface area contributed by atoms with E-state index in [0.29, 0.717) is 11.4 Å². The van der Waals surface area contributed by atoms with Gasteiger partial charge in [-0.05, 0) is 25.8 Å². The lowest BCUT2D eigenvalue weighted by Gasteiger charge is -2.07. The summed E-state index contributed by atoms with van der Waals surface area (Å²) in [6.45, 7) is 6.02. The summed E-state index contributed by atoms with van der Waals surface area (Å²) < 4.78 is 1.78. The topological polar surface area (TPSA) is 63.8 Å². The minimum absolute atomic E-state index is 0.0873. The van der Waals surface area contributed by atoms with Crippen molar-refractivity contribution >= 4 is 0 Å². The van der Waals surface area contributed by atoms with Crippen LogP contribution in [0.15, 0.2) is 12.5 Å². The van der Waals surface area contributed by atoms with E-state index in [1.165, 1.54) is 11.9 Å². The summed E-state index contributed by atoms with van der Waals surface area (Å²) in [6.07, 6.45) is 4.03. The number of rotatable bonds is 3. The molecule has 0 aliphatic heterocycles. The Balaban J connectivity index is 2.61. The lowest BCUT2D eigenvalue weighted by molar-refractivity contribution is 0.280. The average molecular weight is 232 g/mol. The molecule has 5 heteroatoms. The Bertz CT molecular complexity index is 533. The smallest absolute Gasteiger partial charge is 0.162 e. The van der Waals surface area contributed by atoms with Gasteiger partial charge in [0.05, 0.1) is 12.3 Å². The molecule has 5 nitrogen and oxygen atoms in total. The first-order valence-electron chi connectivity index (χ1n) is 5.64. The number of aryl methyl sites for hydroxylation is 1. The van der Waals surface area contributed by atoms with Gasteiger partial charge in [-0.3, -0.25) is 0 Å². The molecule has 2 aromatic heterocycles. The highest BCUT2D eigenvalue weighted by Gasteiger charge is 2.14. The van der Waals surface area contributed by atoms with Gasteiger partial charge in [-0.25, -0.2) is 14.6 Å². The van der Waals surface area contributed by atoms with Gasteiger partial charge in [-0.15, -0.1) is 0 Å². The van der Waals surface area contributed by atoms with E-state index in [-0.39, 0.29) is 6.61 Å². The molecule has 0 aliphatic rings. The minimum Gasteiger partial charge on any atom is -0.391 e. The number of aliphatic hydroxyl groups excluding tert-OH is 1. The highest BCUT2D eigenvalue weighted by atomic mass is 16.3. The summed E-state index contributed by atoms with van der Waals surface area (Å²) in [4.78, 5) is 8.11. The Kier molecular flexibility index (Phi) is 3.19. The highest BCUT2D eigenvalue weighted by Crippen LogP contribution is 2.18. The molecular formula is C12H16N4O. The van der Waals surface area contributed by atoms with Crippen LogP contribution in [0.25, 0.3) is 5.82 Å². The van der Waals surface area contributed by atoms with E-state index in [0.717, 1.165) is 17.8 Å². The van der Waals surface area contributed by atoms with Crippen LogP contribution in [0, 0.1) is 13.8 Å². The van der Waals surface area contributed by atoms with Crippen molar-refractivity contribution in [3.63, 3.8) is 0 Å². The molecule has 0 aromatic carbocycles. The largest absolute Gasteiger partial charge is 0.391 e. The van der Waals surface area contributed by atoms with E-state index in [9.17, 15) is 5.11 Å². The van der Waals surface area contributed by atoms with E-state index < -0.39 is 0 Å². The molecule has 0 radical (unpaired) electrons. The molecule has 0 fully saturated rings. The number of hydrogen-bond donors (Lipinski definition) is 1. The van der Waals surface area contributed by atoms with Crippen molar-refractivity contribution in [2.45, 2.75) is 33.8 Å². The maximum Gasteiger partial charge on any atom is 0.162 e. The molecule has 0 bridgehead atoms. The van der Waals surface area contributed by atoms with Crippen LogP contribution < -0.4 is 0 Å². The number of aromatic nitrogens is 4. The van der Waals surface area contributed by atoms with Crippen molar-refractivity contribution in [3.8, 4) is 5.82 Å². The Morgan fingerprint density at radius 2 is 2.12 bits per heavy atom. The Morgan fingerprint density at radius 3 is 2.71 bits per heavy atom. The van der Waals surface area contributed by atoms with Crippen LogP contribution in [0.5, 0.6) is 0 Å². The number of hydrogen-bond acceptors (Lipinski definition) is 4. The van der Waals surface area contributed by atoms with E-state index in [2.05, 4.69) is 22.0 Å². The van der Waals surface area contributed by atoms with Gasteiger partial charge in [-0.2, -0.15) is 5.10 Å². The molecule has 17 heavy (non-hydrogen) atoms. The Hall–Kier alpha value is -1.75. The van der Waals surface area contributed by atoms with Crippen molar-refractivity contribution in [2.75, 3.05) is 0 Å². The van der Waals surface area contributed by atoms with Gasteiger partial charge in [0.1, 0.15) is 6.33 Å². The fourth-order valence-corrected chi connectivity index (χ4v) is 2.05. The van der Waals surface area contributed by atoms with Gasteiger partial charge < -0.3 is 5.11 Å². The van der Waals surface area contributed by atoms with E-state index in [4.69, 9.17) is 0 Å². The normalized spacial score (nSPS) is 10.8. The maximum atomic E-state index is 9.28. The molecule has 2 rings (SSSR count). The van der Waals surface area contributed by atoms with Crippen LogP contribution in [-0.4, -0.2) is 24.9 Å². The van der Waals surface area contributed by atoms with Gasteiger partial charge >= 0.3 is 0 Å². The summed E-state index contributed by atoms with van der Waals surface area (Å²) in [7, 11) is 0. The average Bonchev–Trinajstić information content (AvgIpc) is 2.64. The first-order chi connectivity index (χ1) is 8.19. The predicted octanol–water partition coefficient (Wildman–Crippen LogP) is 1.33. The summed E-state index contributed by atoms with van der Waals surface area (Å²) >= 11 is 0. The molecule has 0 saturated carbocycles. The third-order valence-corrected chi connectivity index (χ3v) is 2.93. The molecule has 0 amide bonds. The Morgan fingerprint density at radius 1 is 1.35 bits per heavy atom. The monoisotopic (exact) mass is 232 g/mol. The van der Waals surface area contributed by atoms with Gasteiger partial charge in [0, 0.05) is 17.5 Å². The van der Waals surface area contributed by atoms with Gasteiger partial charge in [0.25, 0.3) is 0 Å². The van der Waals surface area contributed by atoms with Gasteiger partial charge in [0.2, 0.25) is 0 Å². The van der Waals surface area contributed by atoms with Crippen molar-refractivity contribution in [2.24, 2.45) is 0 Å². The zero-order valence-corrected chi connectivity index (χ0v) is 10.3.